The second-order valence-electron chi connectivity index (χ2n) is 4.71. The number of esters is 1. The van der Waals surface area contributed by atoms with Gasteiger partial charge in [-0.2, -0.15) is 0 Å². The molecule has 0 N–H and O–H groups in total. The molecular weight excluding hydrogens is 322 g/mol. The number of fused-ring (bicyclic) bond motifs is 1. The molecule has 0 aromatic heterocycles. The number of rotatable bonds is 2. The summed E-state index contributed by atoms with van der Waals surface area (Å²) < 4.78 is 4.96. The molecule has 22 heavy (non-hydrogen) atoms. The Bertz CT molecular complexity index is 763. The first-order valence-corrected chi connectivity index (χ1v) is 7.94. The third kappa shape index (κ3) is 2.82. The third-order valence-electron chi connectivity index (χ3n) is 3.18. The van der Waals surface area contributed by atoms with Crippen LogP contribution in [0, 0.1) is 0 Å². The molecule has 0 atom stereocenters. The van der Waals surface area contributed by atoms with Gasteiger partial charge in [-0.25, -0.2) is 0 Å². The van der Waals surface area contributed by atoms with Crippen molar-refractivity contribution in [3.8, 4) is 5.75 Å². The largest absolute Gasteiger partial charge is 0.427 e. The molecule has 1 amide bonds. The van der Waals surface area contributed by atoms with Gasteiger partial charge in [0.15, 0.2) is 0 Å². The van der Waals surface area contributed by atoms with Gasteiger partial charge in [0, 0.05) is 17.9 Å². The van der Waals surface area contributed by atoms with Gasteiger partial charge in [-0.1, -0.05) is 23.7 Å². The van der Waals surface area contributed by atoms with E-state index in [1.165, 1.54) is 13.0 Å². The molecule has 2 aromatic rings. The van der Waals surface area contributed by atoms with E-state index < -0.39 is 5.97 Å². The number of nitrogens with zero attached hydrogens (tertiary/aromatic N) is 1. The Balaban J connectivity index is 1.89. The number of carbonyl (C=O) groups excluding carboxylic acids is 2. The van der Waals surface area contributed by atoms with E-state index in [1.807, 2.05) is 24.3 Å². The van der Waals surface area contributed by atoms with E-state index in [9.17, 15) is 9.59 Å². The molecule has 6 heteroatoms. The maximum atomic E-state index is 12.7. The molecule has 0 radical (unpaired) electrons. The zero-order valence-corrected chi connectivity index (χ0v) is 13.3. The van der Waals surface area contributed by atoms with Gasteiger partial charge in [-0.3, -0.25) is 14.5 Å². The van der Waals surface area contributed by atoms with Crippen molar-refractivity contribution >= 4 is 40.9 Å². The molecule has 3 rings (SSSR count). The Kier molecular flexibility index (Phi) is 4.09. The first-order chi connectivity index (χ1) is 10.6. The van der Waals surface area contributed by atoms with Crippen LogP contribution in [0.5, 0.6) is 5.75 Å². The van der Waals surface area contributed by atoms with Crippen LogP contribution in [-0.4, -0.2) is 17.8 Å². The smallest absolute Gasteiger partial charge is 0.308 e. The molecule has 4 nitrogen and oxygen atoms in total. The summed E-state index contributed by atoms with van der Waals surface area (Å²) in [7, 11) is 0. The number of hydrogen-bond acceptors (Lipinski definition) is 4. The lowest BCUT2D eigenvalue weighted by Gasteiger charge is -2.17. The number of thioether (sulfide) groups is 1. The first kappa shape index (κ1) is 14.9. The summed E-state index contributed by atoms with van der Waals surface area (Å²) >= 11 is 7.78. The Labute approximate surface area is 137 Å². The molecular formula is C16H12ClNO3S. The van der Waals surface area contributed by atoms with Gasteiger partial charge >= 0.3 is 5.97 Å². The van der Waals surface area contributed by atoms with E-state index in [0.717, 1.165) is 10.6 Å². The van der Waals surface area contributed by atoms with E-state index in [4.69, 9.17) is 16.3 Å². The van der Waals surface area contributed by atoms with Crippen LogP contribution >= 0.6 is 23.4 Å². The predicted octanol–water partition coefficient (Wildman–Crippen LogP) is 3.98. The number of halogens is 1. The fourth-order valence-electron chi connectivity index (χ4n) is 2.22. The second-order valence-corrected chi connectivity index (χ2v) is 6.10. The highest BCUT2D eigenvalue weighted by molar-refractivity contribution is 8.00. The standard InChI is InChI=1S/C16H12ClNO3S/c1-10(19)21-11-6-7-12(13(17)8-11)16(20)18-9-22-15-5-3-2-4-14(15)18/h2-8H,9H2,1H3. The second kappa shape index (κ2) is 6.02. The van der Waals surface area contributed by atoms with Crippen molar-refractivity contribution in [2.45, 2.75) is 11.8 Å². The van der Waals surface area contributed by atoms with E-state index in [2.05, 4.69) is 0 Å². The summed E-state index contributed by atoms with van der Waals surface area (Å²) in [5.74, 6) is 0.280. The summed E-state index contributed by atoms with van der Waals surface area (Å²) in [4.78, 5) is 26.4. The van der Waals surface area contributed by atoms with Crippen LogP contribution in [0.1, 0.15) is 17.3 Å². The van der Waals surface area contributed by atoms with E-state index >= 15 is 0 Å². The average molecular weight is 334 g/mol. The topological polar surface area (TPSA) is 46.6 Å². The highest BCUT2D eigenvalue weighted by atomic mass is 35.5. The third-order valence-corrected chi connectivity index (χ3v) is 4.54. The van der Waals surface area contributed by atoms with Crippen LogP contribution in [0.3, 0.4) is 0 Å². The van der Waals surface area contributed by atoms with Crippen LogP contribution in [0.2, 0.25) is 5.02 Å². The molecule has 1 aliphatic rings. The van der Waals surface area contributed by atoms with Gasteiger partial charge in [-0.05, 0) is 24.3 Å². The summed E-state index contributed by atoms with van der Waals surface area (Å²) in [6, 6.07) is 12.4. The molecule has 0 fully saturated rings. The van der Waals surface area contributed by atoms with Gasteiger partial charge < -0.3 is 4.74 Å². The molecule has 0 bridgehead atoms. The highest BCUT2D eigenvalue weighted by Crippen LogP contribution is 2.39. The molecule has 0 saturated heterocycles. The zero-order valence-electron chi connectivity index (χ0n) is 11.7. The van der Waals surface area contributed by atoms with Crippen LogP contribution < -0.4 is 9.64 Å². The van der Waals surface area contributed by atoms with E-state index in [1.54, 1.807) is 28.8 Å². The maximum Gasteiger partial charge on any atom is 0.308 e. The zero-order chi connectivity index (χ0) is 15.7. The highest BCUT2D eigenvalue weighted by Gasteiger charge is 2.27. The predicted molar refractivity (Wildman–Crippen MR) is 86.7 cm³/mol. The monoisotopic (exact) mass is 333 g/mol. The number of carbonyl (C=O) groups is 2. The quantitative estimate of drug-likeness (QED) is 0.616. The molecule has 2 aromatic carbocycles. The maximum absolute atomic E-state index is 12.7. The number of ether oxygens (including phenoxy) is 1. The minimum Gasteiger partial charge on any atom is -0.427 e. The average Bonchev–Trinajstić information content (AvgIpc) is 2.90. The normalized spacial score (nSPS) is 12.9. The molecule has 112 valence electrons. The minimum absolute atomic E-state index is 0.170. The van der Waals surface area contributed by atoms with Crippen LogP contribution in [0.4, 0.5) is 5.69 Å². The molecule has 0 unspecified atom stereocenters. The van der Waals surface area contributed by atoms with Crippen molar-refractivity contribution in [2.75, 3.05) is 10.8 Å². The SMILES string of the molecule is CC(=O)Oc1ccc(C(=O)N2CSc3ccccc32)c(Cl)c1. The van der Waals surface area contributed by atoms with Gasteiger partial charge in [-0.15, -0.1) is 11.8 Å². The van der Waals surface area contributed by atoms with Crippen molar-refractivity contribution in [1.82, 2.24) is 0 Å². The van der Waals surface area contributed by atoms with Crippen molar-refractivity contribution in [3.63, 3.8) is 0 Å². The Hall–Kier alpha value is -1.98. The summed E-state index contributed by atoms with van der Waals surface area (Å²) in [6.07, 6.45) is 0. The number of anilines is 1. The van der Waals surface area contributed by atoms with Gasteiger partial charge in [0.05, 0.1) is 22.2 Å². The van der Waals surface area contributed by atoms with Crippen LogP contribution in [-0.2, 0) is 4.79 Å². The Morgan fingerprint density at radius 2 is 2.00 bits per heavy atom. The van der Waals surface area contributed by atoms with Gasteiger partial charge in [0.25, 0.3) is 5.91 Å². The Morgan fingerprint density at radius 3 is 2.73 bits per heavy atom. The fraction of sp³-hybridized carbons (Fsp3) is 0.125. The van der Waals surface area contributed by atoms with Crippen LogP contribution in [0.15, 0.2) is 47.4 Å². The van der Waals surface area contributed by atoms with E-state index in [-0.39, 0.29) is 10.9 Å². The molecule has 0 saturated carbocycles. The number of hydrogen-bond donors (Lipinski definition) is 0. The first-order valence-electron chi connectivity index (χ1n) is 6.58. The van der Waals surface area contributed by atoms with Gasteiger partial charge in [0.2, 0.25) is 0 Å². The Morgan fingerprint density at radius 1 is 1.23 bits per heavy atom. The lowest BCUT2D eigenvalue weighted by atomic mass is 10.1. The minimum atomic E-state index is -0.431. The van der Waals surface area contributed by atoms with Crippen LogP contribution in [0.25, 0.3) is 0 Å². The molecule has 0 aliphatic carbocycles. The number of benzene rings is 2. The molecule has 1 aliphatic heterocycles. The molecule has 0 spiro atoms. The lowest BCUT2D eigenvalue weighted by Crippen LogP contribution is -2.28. The van der Waals surface area contributed by atoms with Gasteiger partial charge in [0.1, 0.15) is 5.75 Å². The summed E-state index contributed by atoms with van der Waals surface area (Å²) in [5.41, 5.74) is 1.27. The summed E-state index contributed by atoms with van der Waals surface area (Å²) in [6.45, 7) is 1.31. The number of amides is 1. The van der Waals surface area contributed by atoms with Crippen molar-refractivity contribution in [2.24, 2.45) is 0 Å². The molecule has 1 heterocycles. The summed E-state index contributed by atoms with van der Waals surface area (Å²) in [5, 5.41) is 0.262. The lowest BCUT2D eigenvalue weighted by molar-refractivity contribution is -0.131. The van der Waals surface area contributed by atoms with Crippen molar-refractivity contribution < 1.29 is 14.3 Å². The van der Waals surface area contributed by atoms with Crippen molar-refractivity contribution in [3.05, 3.63) is 53.1 Å². The van der Waals surface area contributed by atoms with E-state index in [0.29, 0.717) is 17.2 Å². The number of para-hydroxylation sites is 1. The van der Waals surface area contributed by atoms with Crippen molar-refractivity contribution in [1.29, 1.82) is 0 Å². The fourth-order valence-corrected chi connectivity index (χ4v) is 3.49.